The van der Waals surface area contributed by atoms with E-state index in [0.29, 0.717) is 18.1 Å². The zero-order valence-electron chi connectivity index (χ0n) is 14.3. The van der Waals surface area contributed by atoms with Crippen molar-refractivity contribution in [1.82, 2.24) is 25.3 Å². The quantitative estimate of drug-likeness (QED) is 0.571. The van der Waals surface area contributed by atoms with Crippen molar-refractivity contribution in [2.45, 2.75) is 6.54 Å². The molecule has 27 heavy (non-hydrogen) atoms. The van der Waals surface area contributed by atoms with Crippen molar-refractivity contribution in [3.63, 3.8) is 0 Å². The van der Waals surface area contributed by atoms with Gasteiger partial charge in [-0.2, -0.15) is 0 Å². The highest BCUT2D eigenvalue weighted by Gasteiger charge is 2.08. The highest BCUT2D eigenvalue weighted by molar-refractivity contribution is 5.94. The van der Waals surface area contributed by atoms with Crippen molar-refractivity contribution in [2.75, 3.05) is 5.32 Å². The first-order chi connectivity index (χ1) is 13.3. The second-order valence-corrected chi connectivity index (χ2v) is 5.84. The molecule has 0 aliphatic carbocycles. The highest BCUT2D eigenvalue weighted by atomic mass is 16.1. The van der Waals surface area contributed by atoms with Gasteiger partial charge in [0.2, 0.25) is 5.95 Å². The number of nitrogens with one attached hydrogen (secondary N) is 2. The third-order valence-electron chi connectivity index (χ3n) is 3.97. The summed E-state index contributed by atoms with van der Waals surface area (Å²) in [6.45, 7) is 0.397. The van der Waals surface area contributed by atoms with Crippen molar-refractivity contribution < 1.29 is 4.79 Å². The van der Waals surface area contributed by atoms with E-state index in [2.05, 4.69) is 30.6 Å². The number of para-hydroxylation sites is 1. The highest BCUT2D eigenvalue weighted by Crippen LogP contribution is 2.22. The number of carbonyl (C=O) groups excluding carboxylic acids is 1. The summed E-state index contributed by atoms with van der Waals surface area (Å²) >= 11 is 0. The van der Waals surface area contributed by atoms with Gasteiger partial charge in [0.1, 0.15) is 0 Å². The van der Waals surface area contributed by atoms with Crippen LogP contribution in [0.15, 0.2) is 73.4 Å². The van der Waals surface area contributed by atoms with Crippen molar-refractivity contribution in [2.24, 2.45) is 0 Å². The van der Waals surface area contributed by atoms with E-state index in [1.54, 1.807) is 18.6 Å². The summed E-state index contributed by atoms with van der Waals surface area (Å²) in [5, 5.41) is 6.99. The maximum Gasteiger partial charge on any atom is 0.254 e. The molecule has 7 nitrogen and oxygen atoms in total. The first-order valence-electron chi connectivity index (χ1n) is 8.39. The number of fused-ring (bicyclic) bond motifs is 1. The van der Waals surface area contributed by atoms with E-state index in [4.69, 9.17) is 0 Å². The van der Waals surface area contributed by atoms with Crippen LogP contribution in [0, 0.1) is 0 Å². The van der Waals surface area contributed by atoms with E-state index < -0.39 is 0 Å². The summed E-state index contributed by atoms with van der Waals surface area (Å²) in [5.41, 5.74) is 2.96. The van der Waals surface area contributed by atoms with Crippen LogP contribution in [-0.4, -0.2) is 25.8 Å². The lowest BCUT2D eigenvalue weighted by molar-refractivity contribution is 0.0950. The van der Waals surface area contributed by atoms with Crippen LogP contribution in [0.1, 0.15) is 15.9 Å². The summed E-state index contributed by atoms with van der Waals surface area (Å²) in [7, 11) is 0. The Balaban J connectivity index is 1.45. The average Bonchev–Trinajstić information content (AvgIpc) is 2.74. The van der Waals surface area contributed by atoms with Gasteiger partial charge in [0, 0.05) is 42.9 Å². The van der Waals surface area contributed by atoms with E-state index in [-0.39, 0.29) is 5.91 Å². The van der Waals surface area contributed by atoms with Gasteiger partial charge < -0.3 is 10.6 Å². The summed E-state index contributed by atoms with van der Waals surface area (Å²) in [6.07, 6.45) is 8.13. The van der Waals surface area contributed by atoms with Gasteiger partial charge in [-0.25, -0.2) is 9.97 Å². The molecule has 0 radical (unpaired) electrons. The number of hydrogen-bond donors (Lipinski definition) is 2. The summed E-state index contributed by atoms with van der Waals surface area (Å²) < 4.78 is 0. The molecule has 3 heterocycles. The number of benzene rings is 1. The molecule has 0 saturated carbocycles. The largest absolute Gasteiger partial charge is 0.348 e. The molecule has 4 aromatic rings. The van der Waals surface area contributed by atoms with Gasteiger partial charge in [-0.3, -0.25) is 14.8 Å². The maximum absolute atomic E-state index is 12.2. The van der Waals surface area contributed by atoms with Crippen LogP contribution in [0.2, 0.25) is 0 Å². The van der Waals surface area contributed by atoms with E-state index >= 15 is 0 Å². The van der Waals surface area contributed by atoms with Crippen LogP contribution in [0.25, 0.3) is 10.9 Å². The Morgan fingerprint density at radius 2 is 1.70 bits per heavy atom. The van der Waals surface area contributed by atoms with Gasteiger partial charge in [0.05, 0.1) is 16.8 Å². The number of amides is 1. The minimum Gasteiger partial charge on any atom is -0.348 e. The molecule has 132 valence electrons. The van der Waals surface area contributed by atoms with E-state index in [0.717, 1.165) is 22.2 Å². The molecule has 0 unspecified atom stereocenters. The predicted octanol–water partition coefficient (Wildman–Crippen LogP) is 3.09. The third kappa shape index (κ3) is 3.87. The van der Waals surface area contributed by atoms with Gasteiger partial charge in [0.25, 0.3) is 5.91 Å². The zero-order chi connectivity index (χ0) is 18.5. The van der Waals surface area contributed by atoms with Crippen LogP contribution in [-0.2, 0) is 6.54 Å². The Hall–Kier alpha value is -3.87. The maximum atomic E-state index is 12.2. The Morgan fingerprint density at radius 1 is 0.889 bits per heavy atom. The Bertz CT molecular complexity index is 1060. The zero-order valence-corrected chi connectivity index (χ0v) is 14.3. The monoisotopic (exact) mass is 356 g/mol. The molecule has 1 amide bonds. The molecule has 7 heteroatoms. The first kappa shape index (κ1) is 16.6. The minimum absolute atomic E-state index is 0.239. The molecule has 3 aromatic heterocycles. The molecule has 0 atom stereocenters. The predicted molar refractivity (Wildman–Crippen MR) is 102 cm³/mol. The van der Waals surface area contributed by atoms with E-state index in [1.807, 2.05) is 42.5 Å². The Labute approximate surface area is 155 Å². The van der Waals surface area contributed by atoms with Gasteiger partial charge in [-0.1, -0.05) is 24.3 Å². The summed E-state index contributed by atoms with van der Waals surface area (Å²) in [4.78, 5) is 29.1. The van der Waals surface area contributed by atoms with Crippen LogP contribution >= 0.6 is 0 Å². The molecule has 0 aliphatic rings. The Kier molecular flexibility index (Phi) is 4.65. The fraction of sp³-hybridized carbons (Fsp3) is 0.0500. The fourth-order valence-electron chi connectivity index (χ4n) is 2.62. The van der Waals surface area contributed by atoms with E-state index in [1.165, 1.54) is 12.4 Å². The number of hydrogen-bond acceptors (Lipinski definition) is 6. The smallest absolute Gasteiger partial charge is 0.254 e. The molecule has 1 aromatic carbocycles. The number of nitrogens with zero attached hydrogens (tertiary/aromatic N) is 4. The average molecular weight is 356 g/mol. The van der Waals surface area contributed by atoms with Gasteiger partial charge in [-0.15, -0.1) is 0 Å². The lowest BCUT2D eigenvalue weighted by atomic mass is 10.2. The number of pyridine rings is 2. The fourth-order valence-corrected chi connectivity index (χ4v) is 2.62. The third-order valence-corrected chi connectivity index (χ3v) is 3.97. The molecule has 4 rings (SSSR count). The molecular formula is C20H16N6O. The van der Waals surface area contributed by atoms with Crippen molar-refractivity contribution >= 4 is 28.4 Å². The topological polar surface area (TPSA) is 92.7 Å². The number of aromatic nitrogens is 4. The number of rotatable bonds is 5. The normalized spacial score (nSPS) is 10.5. The second-order valence-electron chi connectivity index (χ2n) is 5.84. The van der Waals surface area contributed by atoms with Crippen LogP contribution in [0.5, 0.6) is 0 Å². The van der Waals surface area contributed by atoms with E-state index in [9.17, 15) is 4.79 Å². The van der Waals surface area contributed by atoms with Crippen molar-refractivity contribution in [3.05, 3.63) is 84.6 Å². The molecule has 0 spiro atoms. The van der Waals surface area contributed by atoms with Crippen LogP contribution in [0.4, 0.5) is 11.6 Å². The van der Waals surface area contributed by atoms with Crippen molar-refractivity contribution in [3.8, 4) is 0 Å². The first-order valence-corrected chi connectivity index (χ1v) is 8.39. The molecule has 0 bridgehead atoms. The van der Waals surface area contributed by atoms with Crippen LogP contribution in [0.3, 0.4) is 0 Å². The van der Waals surface area contributed by atoms with Gasteiger partial charge >= 0.3 is 0 Å². The summed E-state index contributed by atoms with van der Waals surface area (Å²) in [6, 6.07) is 13.4. The van der Waals surface area contributed by atoms with Crippen LogP contribution < -0.4 is 10.6 Å². The number of anilines is 2. The Morgan fingerprint density at radius 3 is 2.52 bits per heavy atom. The van der Waals surface area contributed by atoms with Gasteiger partial charge in [0.15, 0.2) is 0 Å². The molecule has 0 fully saturated rings. The summed E-state index contributed by atoms with van der Waals surface area (Å²) in [5.74, 6) is 0.161. The minimum atomic E-state index is -0.239. The second kappa shape index (κ2) is 7.57. The lowest BCUT2D eigenvalue weighted by Crippen LogP contribution is -2.23. The number of carbonyl (C=O) groups is 1. The molecule has 2 N–H and O–H groups in total. The lowest BCUT2D eigenvalue weighted by Gasteiger charge is -2.08. The standard InChI is InChI=1S/C20H16N6O/c27-19(23-11-14-4-2-8-21-10-14)16-12-24-20(25-13-16)26-17-7-1-5-15-6-3-9-22-18(15)17/h1-10,12-13H,11H2,(H,23,27)(H,24,25,26). The molecule has 0 saturated heterocycles. The van der Waals surface area contributed by atoms with Gasteiger partial charge in [-0.05, 0) is 23.8 Å². The van der Waals surface area contributed by atoms with Crippen molar-refractivity contribution in [1.29, 1.82) is 0 Å². The molecule has 0 aliphatic heterocycles. The molecular weight excluding hydrogens is 340 g/mol. The SMILES string of the molecule is O=C(NCc1cccnc1)c1cnc(Nc2cccc3cccnc23)nc1.